The van der Waals surface area contributed by atoms with E-state index < -0.39 is 24.0 Å². The molecule has 3 heterocycles. The van der Waals surface area contributed by atoms with Gasteiger partial charge in [0.2, 0.25) is 0 Å². The number of carbonyl (C=O) groups is 1. The molecule has 3 aromatic carbocycles. The van der Waals surface area contributed by atoms with Crippen molar-refractivity contribution in [2.75, 3.05) is 13.1 Å². The van der Waals surface area contributed by atoms with Gasteiger partial charge in [0.05, 0.1) is 47.4 Å². The largest absolute Gasteiger partial charge is 0.481 e. The number of piperidine rings is 1. The van der Waals surface area contributed by atoms with Gasteiger partial charge in [0, 0.05) is 11.1 Å². The lowest BCUT2D eigenvalue weighted by molar-refractivity contribution is 0.0697. The molecule has 0 spiro atoms. The van der Waals surface area contributed by atoms with E-state index >= 15 is 0 Å². The molecular weight excluding hydrogens is 547 g/mol. The van der Waals surface area contributed by atoms with E-state index in [0.29, 0.717) is 36.1 Å². The third kappa shape index (κ3) is 5.76. The second kappa shape index (κ2) is 12.0. The van der Waals surface area contributed by atoms with Gasteiger partial charge >= 0.3 is 5.97 Å². The fraction of sp³-hybridized carbons (Fsp3) is 0.324. The van der Waals surface area contributed by atoms with E-state index in [0.717, 1.165) is 48.6 Å². The van der Waals surface area contributed by atoms with Crippen LogP contribution in [-0.4, -0.2) is 49.8 Å². The lowest BCUT2D eigenvalue weighted by atomic mass is 9.87. The summed E-state index contributed by atoms with van der Waals surface area (Å²) in [4.78, 5) is 18.8. The van der Waals surface area contributed by atoms with Crippen molar-refractivity contribution in [3.05, 3.63) is 100 Å². The third-order valence-electron chi connectivity index (χ3n) is 8.54. The number of aromatic nitrogens is 2. The Kier molecular flexibility index (Phi) is 7.98. The number of aliphatic hydroxyl groups is 1. The highest BCUT2D eigenvalue weighted by molar-refractivity contribution is 5.92. The van der Waals surface area contributed by atoms with Crippen molar-refractivity contribution < 1.29 is 24.1 Å². The molecule has 43 heavy (non-hydrogen) atoms. The number of benzene rings is 3. The Morgan fingerprint density at radius 3 is 2.70 bits per heavy atom. The first kappa shape index (κ1) is 28.6. The quantitative estimate of drug-likeness (QED) is 0.261. The number of carboxylic acid groups (broad SMARTS) is 1. The normalized spacial score (nSPS) is 17.8. The first-order valence-corrected chi connectivity index (χ1v) is 14.6. The number of halogens is 1. The van der Waals surface area contributed by atoms with Crippen LogP contribution in [0.25, 0.3) is 17.1 Å². The number of nitriles is 1. The van der Waals surface area contributed by atoms with Gasteiger partial charge in [-0.15, -0.1) is 0 Å². The Morgan fingerprint density at radius 2 is 1.98 bits per heavy atom. The van der Waals surface area contributed by atoms with Gasteiger partial charge < -0.3 is 19.5 Å². The Balaban J connectivity index is 1.19. The van der Waals surface area contributed by atoms with Crippen LogP contribution in [0.5, 0.6) is 5.75 Å². The van der Waals surface area contributed by atoms with E-state index in [1.54, 1.807) is 30.3 Å². The van der Waals surface area contributed by atoms with Crippen LogP contribution >= 0.6 is 0 Å². The number of likely N-dealkylation sites (tertiary alicyclic amines) is 1. The van der Waals surface area contributed by atoms with Crippen molar-refractivity contribution in [2.24, 2.45) is 0 Å². The maximum absolute atomic E-state index is 14.8. The summed E-state index contributed by atoms with van der Waals surface area (Å²) in [7, 11) is 0. The standard InChI is InChI=1S/C34H33FN4O4/c1-2-25(40)19-39-30-17-24(34(41)42)7-10-29(30)37-32(39)20-38-14-12-22(13-15-38)26-5-3-4-23-8-11-31(43-33(23)26)27-9-6-21(18-36)16-28(27)35/h3-11,16-17,22,25,31,40H,2,12-15,19-20H2,1H3,(H,41,42)/t25-,31+/m0/s1. The number of para-hydroxylation sites is 1. The second-order valence-electron chi connectivity index (χ2n) is 11.3. The fourth-order valence-corrected chi connectivity index (χ4v) is 6.09. The monoisotopic (exact) mass is 580 g/mol. The highest BCUT2D eigenvalue weighted by atomic mass is 19.1. The van der Waals surface area contributed by atoms with Crippen LogP contribution in [0.3, 0.4) is 0 Å². The van der Waals surface area contributed by atoms with Crippen molar-refractivity contribution >= 4 is 23.1 Å². The molecule has 2 aliphatic rings. The summed E-state index contributed by atoms with van der Waals surface area (Å²) in [6.45, 7) is 4.52. The molecule has 0 bridgehead atoms. The van der Waals surface area contributed by atoms with Crippen molar-refractivity contribution in [1.29, 1.82) is 5.26 Å². The number of aliphatic hydroxyl groups excluding tert-OH is 1. The average molecular weight is 581 g/mol. The molecule has 0 radical (unpaired) electrons. The third-order valence-corrected chi connectivity index (χ3v) is 8.54. The van der Waals surface area contributed by atoms with Gasteiger partial charge in [-0.05, 0) is 80.2 Å². The zero-order valence-electron chi connectivity index (χ0n) is 23.9. The van der Waals surface area contributed by atoms with Gasteiger partial charge in [-0.2, -0.15) is 5.26 Å². The first-order valence-electron chi connectivity index (χ1n) is 14.6. The number of nitrogens with zero attached hydrogens (tertiary/aromatic N) is 4. The minimum Gasteiger partial charge on any atom is -0.481 e. The summed E-state index contributed by atoms with van der Waals surface area (Å²) >= 11 is 0. The van der Waals surface area contributed by atoms with Gasteiger partial charge in [0.25, 0.3) is 0 Å². The van der Waals surface area contributed by atoms with Crippen LogP contribution in [0.2, 0.25) is 0 Å². The van der Waals surface area contributed by atoms with E-state index in [4.69, 9.17) is 15.0 Å². The smallest absolute Gasteiger partial charge is 0.335 e. The molecule has 0 aliphatic carbocycles. The van der Waals surface area contributed by atoms with Crippen molar-refractivity contribution in [2.45, 2.75) is 57.4 Å². The minimum atomic E-state index is -0.995. The summed E-state index contributed by atoms with van der Waals surface area (Å²) in [6.07, 6.45) is 5.08. The summed E-state index contributed by atoms with van der Waals surface area (Å²) < 4.78 is 23.2. The SMILES string of the molecule is CC[C@H](O)Cn1c(CN2CCC(c3cccc4c3O[C@@H](c3ccc(C#N)cc3F)C=C4)CC2)nc2ccc(C(=O)O)cc21. The number of fused-ring (bicyclic) bond motifs is 2. The summed E-state index contributed by atoms with van der Waals surface area (Å²) in [5.41, 5.74) is 4.38. The summed E-state index contributed by atoms with van der Waals surface area (Å²) in [5.74, 6) is 0.399. The van der Waals surface area contributed by atoms with Gasteiger partial charge in [0.15, 0.2) is 0 Å². The number of rotatable bonds is 8. The lowest BCUT2D eigenvalue weighted by Gasteiger charge is -2.34. The van der Waals surface area contributed by atoms with Crippen LogP contribution in [0.15, 0.2) is 60.7 Å². The Morgan fingerprint density at radius 1 is 1.16 bits per heavy atom. The van der Waals surface area contributed by atoms with Gasteiger partial charge in [-0.1, -0.05) is 37.3 Å². The van der Waals surface area contributed by atoms with Crippen LogP contribution in [0.4, 0.5) is 4.39 Å². The molecule has 0 unspecified atom stereocenters. The zero-order valence-corrected chi connectivity index (χ0v) is 23.9. The molecule has 6 rings (SSSR count). The van der Waals surface area contributed by atoms with Crippen molar-refractivity contribution in [3.8, 4) is 11.8 Å². The van der Waals surface area contributed by atoms with Crippen LogP contribution in [-0.2, 0) is 13.1 Å². The molecule has 1 fully saturated rings. The lowest BCUT2D eigenvalue weighted by Crippen LogP contribution is -2.34. The maximum atomic E-state index is 14.8. The number of carboxylic acids is 1. The van der Waals surface area contributed by atoms with Gasteiger partial charge in [-0.3, -0.25) is 4.90 Å². The predicted molar refractivity (Wildman–Crippen MR) is 160 cm³/mol. The number of ether oxygens (including phenoxy) is 1. The molecule has 8 nitrogen and oxygen atoms in total. The Hall–Kier alpha value is -4.52. The predicted octanol–water partition coefficient (Wildman–Crippen LogP) is 6.04. The Bertz CT molecular complexity index is 1750. The van der Waals surface area contributed by atoms with Gasteiger partial charge in [-0.25, -0.2) is 14.2 Å². The molecule has 2 aliphatic heterocycles. The highest BCUT2D eigenvalue weighted by Crippen LogP contribution is 2.42. The van der Waals surface area contributed by atoms with E-state index in [-0.39, 0.29) is 17.0 Å². The second-order valence-corrected chi connectivity index (χ2v) is 11.3. The van der Waals surface area contributed by atoms with Crippen LogP contribution < -0.4 is 4.74 Å². The maximum Gasteiger partial charge on any atom is 0.335 e. The van der Waals surface area contributed by atoms with Crippen LogP contribution in [0, 0.1) is 17.1 Å². The molecule has 220 valence electrons. The van der Waals surface area contributed by atoms with E-state index in [9.17, 15) is 19.4 Å². The molecule has 1 aromatic heterocycles. The molecule has 2 atom stereocenters. The van der Waals surface area contributed by atoms with Gasteiger partial charge in [0.1, 0.15) is 23.5 Å². The molecule has 0 amide bonds. The number of imidazole rings is 1. The zero-order chi connectivity index (χ0) is 30.1. The molecule has 2 N–H and O–H groups in total. The van der Waals surface area contributed by atoms with Crippen LogP contribution in [0.1, 0.15) is 76.6 Å². The van der Waals surface area contributed by atoms with Crippen molar-refractivity contribution in [1.82, 2.24) is 14.5 Å². The van der Waals surface area contributed by atoms with Crippen molar-refractivity contribution in [3.63, 3.8) is 0 Å². The first-order chi connectivity index (χ1) is 20.8. The summed E-state index contributed by atoms with van der Waals surface area (Å²) in [5, 5.41) is 29.1. The Labute approximate surface area is 249 Å². The van der Waals surface area contributed by atoms with E-state index in [1.807, 2.05) is 41.8 Å². The number of hydrogen-bond donors (Lipinski definition) is 2. The molecule has 1 saturated heterocycles. The minimum absolute atomic E-state index is 0.194. The fourth-order valence-electron chi connectivity index (χ4n) is 6.09. The molecule has 0 saturated carbocycles. The van der Waals surface area contributed by atoms with E-state index in [2.05, 4.69) is 11.0 Å². The molecule has 9 heteroatoms. The highest BCUT2D eigenvalue weighted by Gasteiger charge is 2.28. The summed E-state index contributed by atoms with van der Waals surface area (Å²) in [6, 6.07) is 17.5. The topological polar surface area (TPSA) is 112 Å². The number of aromatic carboxylic acids is 1. The van der Waals surface area contributed by atoms with E-state index in [1.165, 1.54) is 6.07 Å². The number of hydrogen-bond acceptors (Lipinski definition) is 6. The molecular formula is C34H33FN4O4. The molecule has 4 aromatic rings. The average Bonchev–Trinajstić information content (AvgIpc) is 3.36.